The van der Waals surface area contributed by atoms with Gasteiger partial charge in [-0.25, -0.2) is 0 Å². The first-order valence-corrected chi connectivity index (χ1v) is 11.4. The fraction of sp³-hybridized carbons (Fsp3) is 0.320. The number of rotatable bonds is 6. The third-order valence-corrected chi connectivity index (χ3v) is 6.38. The number of nitrogens with one attached hydrogen (secondary N) is 1. The molecule has 1 N–H and O–H groups in total. The van der Waals surface area contributed by atoms with Crippen LogP contribution in [0.25, 0.3) is 0 Å². The number of hydrogen-bond donors (Lipinski definition) is 1. The van der Waals surface area contributed by atoms with Gasteiger partial charge in [-0.3, -0.25) is 19.3 Å². The molecular weight excluding hydrogens is 426 g/mol. The van der Waals surface area contributed by atoms with E-state index in [1.807, 2.05) is 35.2 Å². The summed E-state index contributed by atoms with van der Waals surface area (Å²) in [6.07, 6.45) is 4.11. The van der Waals surface area contributed by atoms with Crippen molar-refractivity contribution < 1.29 is 14.4 Å². The Kier molecular flexibility index (Phi) is 6.61. The van der Waals surface area contributed by atoms with E-state index in [9.17, 15) is 14.4 Å². The molecule has 0 radical (unpaired) electrons. The molecule has 2 aromatic carbocycles. The Morgan fingerprint density at radius 1 is 1.06 bits per heavy atom. The third kappa shape index (κ3) is 4.41. The van der Waals surface area contributed by atoms with Gasteiger partial charge in [0.15, 0.2) is 0 Å². The van der Waals surface area contributed by atoms with E-state index in [0.717, 1.165) is 42.7 Å². The van der Waals surface area contributed by atoms with Crippen LogP contribution in [0.3, 0.4) is 0 Å². The van der Waals surface area contributed by atoms with Crippen LogP contribution in [0.1, 0.15) is 48.5 Å². The molecular formula is C25H26ClN3O3. The van der Waals surface area contributed by atoms with Gasteiger partial charge >= 0.3 is 0 Å². The fourth-order valence-corrected chi connectivity index (χ4v) is 4.53. The zero-order chi connectivity index (χ0) is 22.7. The predicted molar refractivity (Wildman–Crippen MR) is 124 cm³/mol. The number of carbonyl (C=O) groups excluding carboxylic acids is 3. The molecule has 1 atom stereocenters. The Morgan fingerprint density at radius 3 is 2.59 bits per heavy atom. The fourth-order valence-electron chi connectivity index (χ4n) is 4.30. The first-order chi connectivity index (χ1) is 15.5. The van der Waals surface area contributed by atoms with E-state index in [4.69, 9.17) is 11.6 Å². The number of anilines is 1. The van der Waals surface area contributed by atoms with Crippen LogP contribution in [0, 0.1) is 0 Å². The van der Waals surface area contributed by atoms with Gasteiger partial charge in [0.2, 0.25) is 0 Å². The number of carbonyl (C=O) groups is 3. The number of halogens is 1. The summed E-state index contributed by atoms with van der Waals surface area (Å²) >= 11 is 6.23. The molecule has 0 unspecified atom stereocenters. The zero-order valence-electron chi connectivity index (χ0n) is 18.0. The third-order valence-electron chi connectivity index (χ3n) is 6.03. The van der Waals surface area contributed by atoms with Crippen molar-refractivity contribution in [1.29, 1.82) is 0 Å². The van der Waals surface area contributed by atoms with E-state index in [1.165, 1.54) is 0 Å². The monoisotopic (exact) mass is 451 g/mol. The molecule has 6 nitrogen and oxygen atoms in total. The first kappa shape index (κ1) is 22.1. The van der Waals surface area contributed by atoms with Crippen LogP contribution >= 0.6 is 11.6 Å². The summed E-state index contributed by atoms with van der Waals surface area (Å²) in [5.41, 5.74) is 1.95. The van der Waals surface area contributed by atoms with Gasteiger partial charge in [0, 0.05) is 23.8 Å². The Balaban J connectivity index is 1.51. The maximum Gasteiger partial charge on any atom is 0.279 e. The molecule has 0 saturated carbocycles. The number of amides is 3. The highest BCUT2D eigenvalue weighted by Gasteiger charge is 2.38. The zero-order valence-corrected chi connectivity index (χ0v) is 18.8. The van der Waals surface area contributed by atoms with Gasteiger partial charge < -0.3 is 10.2 Å². The standard InChI is InChI=1S/C25H26ClN3O3/c1-2-20-13-6-7-14-28(20)23(30)18-11-8-12-19(15-18)27-22-21(26)24(31)29(25(22)32)16-17-9-4-3-5-10-17/h3-5,8-12,15,20,27H,2,6-7,13-14,16H2,1H3/t20-/m1/s1. The molecule has 2 aliphatic heterocycles. The molecule has 2 heterocycles. The van der Waals surface area contributed by atoms with Crippen LogP contribution in [0.5, 0.6) is 0 Å². The molecule has 32 heavy (non-hydrogen) atoms. The minimum atomic E-state index is -0.533. The lowest BCUT2D eigenvalue weighted by Crippen LogP contribution is -2.43. The van der Waals surface area contributed by atoms with Crippen LogP contribution in [0.4, 0.5) is 5.69 Å². The number of benzene rings is 2. The summed E-state index contributed by atoms with van der Waals surface area (Å²) in [7, 11) is 0. The van der Waals surface area contributed by atoms with E-state index in [2.05, 4.69) is 12.2 Å². The van der Waals surface area contributed by atoms with E-state index in [1.54, 1.807) is 24.3 Å². The van der Waals surface area contributed by atoms with Crippen molar-refractivity contribution in [3.8, 4) is 0 Å². The van der Waals surface area contributed by atoms with Crippen LogP contribution in [0.15, 0.2) is 65.3 Å². The number of nitrogens with zero attached hydrogens (tertiary/aromatic N) is 2. The predicted octanol–water partition coefficient (Wildman–Crippen LogP) is 4.52. The lowest BCUT2D eigenvalue weighted by Gasteiger charge is -2.35. The van der Waals surface area contributed by atoms with Gasteiger partial charge in [0.1, 0.15) is 10.7 Å². The van der Waals surface area contributed by atoms with Crippen molar-refractivity contribution in [2.75, 3.05) is 11.9 Å². The quantitative estimate of drug-likeness (QED) is 0.655. The first-order valence-electron chi connectivity index (χ1n) is 11.0. The summed E-state index contributed by atoms with van der Waals surface area (Å²) in [5.74, 6) is -1.03. The minimum absolute atomic E-state index is 0.0141. The van der Waals surface area contributed by atoms with Crippen LogP contribution < -0.4 is 5.32 Å². The molecule has 2 aliphatic rings. The smallest absolute Gasteiger partial charge is 0.279 e. The van der Waals surface area contributed by atoms with Crippen molar-refractivity contribution in [2.45, 2.75) is 45.2 Å². The maximum atomic E-state index is 13.1. The molecule has 0 aromatic heterocycles. The molecule has 1 fully saturated rings. The van der Waals surface area contributed by atoms with Gasteiger partial charge in [-0.1, -0.05) is 54.9 Å². The summed E-state index contributed by atoms with van der Waals surface area (Å²) in [6, 6.07) is 16.5. The number of piperidine rings is 1. The summed E-state index contributed by atoms with van der Waals surface area (Å²) in [4.78, 5) is 41.7. The van der Waals surface area contributed by atoms with Crippen molar-refractivity contribution in [1.82, 2.24) is 9.80 Å². The van der Waals surface area contributed by atoms with Gasteiger partial charge in [-0.05, 0) is 49.4 Å². The van der Waals surface area contributed by atoms with Crippen molar-refractivity contribution in [2.24, 2.45) is 0 Å². The minimum Gasteiger partial charge on any atom is -0.350 e. The highest BCUT2D eigenvalue weighted by Crippen LogP contribution is 2.28. The van der Waals surface area contributed by atoms with Crippen molar-refractivity contribution >= 4 is 35.0 Å². The average molecular weight is 452 g/mol. The molecule has 3 amide bonds. The van der Waals surface area contributed by atoms with Crippen LogP contribution in [0.2, 0.25) is 0 Å². The average Bonchev–Trinajstić information content (AvgIpc) is 3.03. The van der Waals surface area contributed by atoms with E-state index in [0.29, 0.717) is 11.3 Å². The van der Waals surface area contributed by atoms with Gasteiger partial charge in [-0.15, -0.1) is 0 Å². The number of likely N-dealkylation sites (tertiary alicyclic amines) is 1. The second-order valence-electron chi connectivity index (χ2n) is 8.13. The molecule has 0 aliphatic carbocycles. The summed E-state index contributed by atoms with van der Waals surface area (Å²) in [5, 5.41) is 2.83. The molecule has 1 saturated heterocycles. The number of hydrogen-bond acceptors (Lipinski definition) is 4. The van der Waals surface area contributed by atoms with E-state index >= 15 is 0 Å². The molecule has 2 aromatic rings. The van der Waals surface area contributed by atoms with Crippen LogP contribution in [-0.4, -0.2) is 40.1 Å². The van der Waals surface area contributed by atoms with Crippen molar-refractivity contribution in [3.05, 3.63) is 76.5 Å². The highest BCUT2D eigenvalue weighted by atomic mass is 35.5. The van der Waals surface area contributed by atoms with E-state index in [-0.39, 0.29) is 29.2 Å². The van der Waals surface area contributed by atoms with Gasteiger partial charge in [-0.2, -0.15) is 0 Å². The summed E-state index contributed by atoms with van der Waals surface area (Å²) < 4.78 is 0. The largest absolute Gasteiger partial charge is 0.350 e. The molecule has 0 bridgehead atoms. The lowest BCUT2D eigenvalue weighted by atomic mass is 9.99. The molecule has 0 spiro atoms. The number of imide groups is 1. The Morgan fingerprint density at radius 2 is 1.84 bits per heavy atom. The van der Waals surface area contributed by atoms with Gasteiger partial charge in [0.05, 0.1) is 6.54 Å². The Labute approximate surface area is 192 Å². The lowest BCUT2D eigenvalue weighted by molar-refractivity contribution is -0.138. The SMILES string of the molecule is CC[C@@H]1CCCCN1C(=O)c1cccc(NC2=C(Cl)C(=O)N(Cc3ccccc3)C2=O)c1. The normalized spacial score (nSPS) is 19.0. The molecule has 4 rings (SSSR count). The molecule has 166 valence electrons. The topological polar surface area (TPSA) is 69.7 Å². The molecule has 7 heteroatoms. The second kappa shape index (κ2) is 9.57. The highest BCUT2D eigenvalue weighted by molar-refractivity contribution is 6.48. The van der Waals surface area contributed by atoms with Gasteiger partial charge in [0.25, 0.3) is 17.7 Å². The van der Waals surface area contributed by atoms with E-state index < -0.39 is 11.8 Å². The maximum absolute atomic E-state index is 13.1. The van der Waals surface area contributed by atoms with Crippen molar-refractivity contribution in [3.63, 3.8) is 0 Å². The van der Waals surface area contributed by atoms with Crippen LogP contribution in [-0.2, 0) is 16.1 Å². The Hall–Kier alpha value is -3.12. The summed E-state index contributed by atoms with van der Waals surface area (Å²) in [6.45, 7) is 3.01. The Bertz CT molecular complexity index is 1070. The second-order valence-corrected chi connectivity index (χ2v) is 8.51.